The highest BCUT2D eigenvalue weighted by molar-refractivity contribution is 5.36. The molecule has 3 nitrogen and oxygen atoms in total. The lowest BCUT2D eigenvalue weighted by molar-refractivity contribution is 0.317. The van der Waals surface area contributed by atoms with Crippen LogP contribution in [-0.2, 0) is 6.54 Å². The highest BCUT2D eigenvalue weighted by Gasteiger charge is 2.00. The molecule has 0 unspecified atom stereocenters. The maximum atomic E-state index is 5.88. The van der Waals surface area contributed by atoms with Crippen molar-refractivity contribution in [3.8, 4) is 17.2 Å². The van der Waals surface area contributed by atoms with Crippen LogP contribution in [0.4, 0.5) is 0 Å². The molecule has 0 spiro atoms. The second-order valence-electron chi connectivity index (χ2n) is 4.85. The first-order valence-corrected chi connectivity index (χ1v) is 7.52. The minimum atomic E-state index is 0.743. The summed E-state index contributed by atoms with van der Waals surface area (Å²) in [6.45, 7) is 6.76. The molecule has 2 aromatic carbocycles. The first kappa shape index (κ1) is 15.4. The summed E-state index contributed by atoms with van der Waals surface area (Å²) in [6, 6.07) is 15.9. The molecule has 0 saturated heterocycles. The van der Waals surface area contributed by atoms with E-state index >= 15 is 0 Å². The van der Waals surface area contributed by atoms with E-state index in [1.165, 1.54) is 5.56 Å². The molecule has 21 heavy (non-hydrogen) atoms. The second-order valence-corrected chi connectivity index (χ2v) is 4.85. The maximum Gasteiger partial charge on any atom is 0.127 e. The van der Waals surface area contributed by atoms with Crippen LogP contribution in [0.25, 0.3) is 0 Å². The Balaban J connectivity index is 1.97. The van der Waals surface area contributed by atoms with Crippen molar-refractivity contribution in [2.24, 2.45) is 0 Å². The highest BCUT2D eigenvalue weighted by atomic mass is 16.5. The third-order valence-corrected chi connectivity index (χ3v) is 3.01. The lowest BCUT2D eigenvalue weighted by atomic mass is 10.2. The third kappa shape index (κ3) is 5.12. The molecular weight excluding hydrogens is 262 g/mol. The van der Waals surface area contributed by atoms with Crippen LogP contribution in [0.2, 0.25) is 0 Å². The van der Waals surface area contributed by atoms with Crippen LogP contribution in [0.1, 0.15) is 25.8 Å². The smallest absolute Gasteiger partial charge is 0.127 e. The van der Waals surface area contributed by atoms with Gasteiger partial charge in [-0.3, -0.25) is 0 Å². The van der Waals surface area contributed by atoms with Crippen molar-refractivity contribution in [2.75, 3.05) is 13.2 Å². The molecule has 0 aliphatic rings. The largest absolute Gasteiger partial charge is 0.494 e. The van der Waals surface area contributed by atoms with E-state index in [-0.39, 0.29) is 0 Å². The van der Waals surface area contributed by atoms with Crippen LogP contribution < -0.4 is 14.8 Å². The predicted octanol–water partition coefficient (Wildman–Crippen LogP) is 4.38. The second kappa shape index (κ2) is 8.32. The van der Waals surface area contributed by atoms with E-state index in [4.69, 9.17) is 9.47 Å². The quantitative estimate of drug-likeness (QED) is 0.781. The fraction of sp³-hybridized carbons (Fsp3) is 0.333. The summed E-state index contributed by atoms with van der Waals surface area (Å²) in [5.41, 5.74) is 1.22. The number of rotatable bonds is 8. The molecule has 0 aliphatic heterocycles. The Kier molecular flexibility index (Phi) is 6.10. The van der Waals surface area contributed by atoms with Crippen LogP contribution in [0.15, 0.2) is 48.5 Å². The summed E-state index contributed by atoms with van der Waals surface area (Å²) in [7, 11) is 0. The van der Waals surface area contributed by atoms with Gasteiger partial charge in [0, 0.05) is 6.54 Å². The van der Waals surface area contributed by atoms with Gasteiger partial charge in [0.05, 0.1) is 6.61 Å². The Labute approximate surface area is 126 Å². The molecule has 0 aliphatic carbocycles. The van der Waals surface area contributed by atoms with Gasteiger partial charge in [-0.2, -0.15) is 0 Å². The Hall–Kier alpha value is -2.00. The van der Waals surface area contributed by atoms with Crippen molar-refractivity contribution in [3.63, 3.8) is 0 Å². The Morgan fingerprint density at radius 2 is 1.67 bits per heavy atom. The van der Waals surface area contributed by atoms with E-state index in [1.54, 1.807) is 0 Å². The van der Waals surface area contributed by atoms with Gasteiger partial charge >= 0.3 is 0 Å². The highest BCUT2D eigenvalue weighted by Crippen LogP contribution is 2.24. The van der Waals surface area contributed by atoms with Crippen LogP contribution in [0, 0.1) is 0 Å². The van der Waals surface area contributed by atoms with Crippen LogP contribution in [-0.4, -0.2) is 13.2 Å². The van der Waals surface area contributed by atoms with Crippen molar-refractivity contribution < 1.29 is 9.47 Å². The van der Waals surface area contributed by atoms with Crippen molar-refractivity contribution >= 4 is 0 Å². The van der Waals surface area contributed by atoms with Gasteiger partial charge in [0.15, 0.2) is 0 Å². The first-order chi connectivity index (χ1) is 10.3. The van der Waals surface area contributed by atoms with E-state index in [0.29, 0.717) is 0 Å². The number of benzene rings is 2. The number of hydrogen-bond acceptors (Lipinski definition) is 3. The predicted molar refractivity (Wildman–Crippen MR) is 86.1 cm³/mol. The van der Waals surface area contributed by atoms with Crippen LogP contribution in [0.5, 0.6) is 17.2 Å². The number of ether oxygens (including phenoxy) is 2. The molecule has 0 saturated carbocycles. The molecule has 1 N–H and O–H groups in total. The molecule has 0 bridgehead atoms. The zero-order valence-electron chi connectivity index (χ0n) is 12.8. The average molecular weight is 285 g/mol. The van der Waals surface area contributed by atoms with E-state index in [2.05, 4.69) is 31.3 Å². The molecule has 0 radical (unpaired) electrons. The van der Waals surface area contributed by atoms with Gasteiger partial charge in [-0.25, -0.2) is 0 Å². The molecular formula is C18H23NO2. The van der Waals surface area contributed by atoms with Crippen molar-refractivity contribution in [1.29, 1.82) is 0 Å². The third-order valence-electron chi connectivity index (χ3n) is 3.01. The van der Waals surface area contributed by atoms with Gasteiger partial charge in [0.25, 0.3) is 0 Å². The lowest BCUT2D eigenvalue weighted by Gasteiger charge is -2.09. The minimum absolute atomic E-state index is 0.743. The summed E-state index contributed by atoms with van der Waals surface area (Å²) in [4.78, 5) is 0. The van der Waals surface area contributed by atoms with E-state index in [0.717, 1.165) is 43.4 Å². The van der Waals surface area contributed by atoms with E-state index in [1.807, 2.05) is 36.4 Å². The molecule has 0 fully saturated rings. The van der Waals surface area contributed by atoms with Gasteiger partial charge in [-0.15, -0.1) is 0 Å². The standard InChI is InChI=1S/C18H23NO2/c1-3-12-20-16-8-10-17(11-9-16)21-18-7-5-6-15(13-18)14-19-4-2/h5-11,13,19H,3-4,12,14H2,1-2H3. The van der Waals surface area contributed by atoms with Gasteiger partial charge in [-0.05, 0) is 54.9 Å². The molecule has 112 valence electrons. The number of hydrogen-bond donors (Lipinski definition) is 1. The molecule has 0 amide bonds. The molecule has 2 aromatic rings. The number of nitrogens with one attached hydrogen (secondary N) is 1. The topological polar surface area (TPSA) is 30.5 Å². The summed E-state index contributed by atoms with van der Waals surface area (Å²) in [6.07, 6.45) is 1.01. The summed E-state index contributed by atoms with van der Waals surface area (Å²) in [5, 5.41) is 3.31. The molecule has 0 heterocycles. The lowest BCUT2D eigenvalue weighted by Crippen LogP contribution is -2.11. The van der Waals surface area contributed by atoms with E-state index < -0.39 is 0 Å². The minimum Gasteiger partial charge on any atom is -0.494 e. The zero-order valence-corrected chi connectivity index (χ0v) is 12.8. The Bertz CT molecular complexity index is 537. The normalized spacial score (nSPS) is 10.4. The zero-order chi connectivity index (χ0) is 14.9. The SMILES string of the molecule is CCCOc1ccc(Oc2cccc(CNCC)c2)cc1. The summed E-state index contributed by atoms with van der Waals surface area (Å²) < 4.78 is 11.4. The Morgan fingerprint density at radius 1 is 0.905 bits per heavy atom. The monoisotopic (exact) mass is 285 g/mol. The van der Waals surface area contributed by atoms with E-state index in [9.17, 15) is 0 Å². The van der Waals surface area contributed by atoms with Crippen LogP contribution >= 0.6 is 0 Å². The van der Waals surface area contributed by atoms with Crippen molar-refractivity contribution in [3.05, 3.63) is 54.1 Å². The van der Waals surface area contributed by atoms with Gasteiger partial charge in [-0.1, -0.05) is 26.0 Å². The molecule has 0 aromatic heterocycles. The van der Waals surface area contributed by atoms with Gasteiger partial charge in [0.2, 0.25) is 0 Å². The first-order valence-electron chi connectivity index (χ1n) is 7.52. The van der Waals surface area contributed by atoms with Crippen molar-refractivity contribution in [2.45, 2.75) is 26.8 Å². The van der Waals surface area contributed by atoms with Gasteiger partial charge < -0.3 is 14.8 Å². The fourth-order valence-electron chi connectivity index (χ4n) is 1.95. The fourth-order valence-corrected chi connectivity index (χ4v) is 1.95. The molecule has 3 heteroatoms. The van der Waals surface area contributed by atoms with Crippen LogP contribution in [0.3, 0.4) is 0 Å². The maximum absolute atomic E-state index is 5.88. The summed E-state index contributed by atoms with van der Waals surface area (Å²) >= 11 is 0. The van der Waals surface area contributed by atoms with Crippen molar-refractivity contribution in [1.82, 2.24) is 5.32 Å². The molecule has 2 rings (SSSR count). The Morgan fingerprint density at radius 3 is 2.38 bits per heavy atom. The average Bonchev–Trinajstić information content (AvgIpc) is 2.53. The summed E-state index contributed by atoms with van der Waals surface area (Å²) in [5.74, 6) is 2.55. The van der Waals surface area contributed by atoms with Gasteiger partial charge in [0.1, 0.15) is 17.2 Å². The molecule has 0 atom stereocenters.